The first-order valence-electron chi connectivity index (χ1n) is 11.1. The molecule has 3 heterocycles. The first-order chi connectivity index (χ1) is 16.5. The molecule has 3 N–H and O–H groups in total. The molecule has 0 bridgehead atoms. The van der Waals surface area contributed by atoms with Crippen LogP contribution in [0.15, 0.2) is 42.6 Å². The number of hydrogen-bond acceptors (Lipinski definition) is 5. The summed E-state index contributed by atoms with van der Waals surface area (Å²) in [6, 6.07) is 13.4. The third-order valence-electron chi connectivity index (χ3n) is 5.95. The van der Waals surface area contributed by atoms with E-state index in [2.05, 4.69) is 21.7 Å². The van der Waals surface area contributed by atoms with Gasteiger partial charge in [0.05, 0.1) is 25.3 Å². The van der Waals surface area contributed by atoms with E-state index in [0.29, 0.717) is 36.5 Å². The lowest BCUT2D eigenvalue weighted by Crippen LogP contribution is -2.43. The number of fused-ring (bicyclic) bond motifs is 1. The zero-order valence-electron chi connectivity index (χ0n) is 19.2. The fourth-order valence-corrected chi connectivity index (χ4v) is 5.33. The van der Waals surface area contributed by atoms with E-state index in [1.807, 2.05) is 49.5 Å². The Morgan fingerprint density at radius 3 is 2.85 bits per heavy atom. The van der Waals surface area contributed by atoms with Gasteiger partial charge in [0.1, 0.15) is 16.8 Å². The molecule has 4 rings (SSSR count). The number of hydrogen-bond donors (Lipinski definition) is 3. The minimum Gasteiger partial charge on any atom is -0.496 e. The Morgan fingerprint density at radius 1 is 1.29 bits per heavy atom. The largest absolute Gasteiger partial charge is 0.496 e. The predicted molar refractivity (Wildman–Crippen MR) is 131 cm³/mol. The highest BCUT2D eigenvalue weighted by atomic mass is 32.1. The Labute approximate surface area is 202 Å². The molecule has 3 amide bonds. The van der Waals surface area contributed by atoms with E-state index in [1.165, 1.54) is 11.3 Å². The van der Waals surface area contributed by atoms with Crippen LogP contribution in [-0.4, -0.2) is 35.5 Å². The summed E-state index contributed by atoms with van der Waals surface area (Å²) in [5.74, 6) is 0.596. The SMILES string of the molecule is COc1ccccc1CCC(=O)Nc1sc2c(c1C#N)CCN(C(=O)NC(C)c1ccc[nH]1)C2. The number of carbonyl (C=O) groups is 2. The summed E-state index contributed by atoms with van der Waals surface area (Å²) < 4.78 is 5.35. The molecule has 0 radical (unpaired) electrons. The minimum absolute atomic E-state index is 0.139. The molecule has 1 aliphatic rings. The van der Waals surface area contributed by atoms with Gasteiger partial charge < -0.3 is 25.3 Å². The molecular weight excluding hydrogens is 450 g/mol. The van der Waals surface area contributed by atoms with Crippen molar-refractivity contribution >= 4 is 28.3 Å². The lowest BCUT2D eigenvalue weighted by atomic mass is 10.0. The maximum atomic E-state index is 12.8. The third kappa shape index (κ3) is 5.07. The van der Waals surface area contributed by atoms with Gasteiger partial charge in [-0.3, -0.25) is 4.79 Å². The first-order valence-corrected chi connectivity index (χ1v) is 12.0. The van der Waals surface area contributed by atoms with Crippen molar-refractivity contribution in [1.82, 2.24) is 15.2 Å². The van der Waals surface area contributed by atoms with Crippen LogP contribution >= 0.6 is 11.3 Å². The standard InChI is InChI=1S/C25H27N5O3S/c1-16(20-7-5-12-27-20)28-25(32)30-13-11-18-19(14-26)24(34-22(18)15-30)29-23(31)10-9-17-6-3-4-8-21(17)33-2/h3-8,12,16,27H,9-11,13,15H2,1-2H3,(H,28,32)(H,29,31). The van der Waals surface area contributed by atoms with Gasteiger partial charge in [-0.2, -0.15) is 5.26 Å². The van der Waals surface area contributed by atoms with E-state index in [0.717, 1.165) is 27.4 Å². The third-order valence-corrected chi connectivity index (χ3v) is 7.08. The highest BCUT2D eigenvalue weighted by molar-refractivity contribution is 7.16. The van der Waals surface area contributed by atoms with Crippen LogP contribution in [0.25, 0.3) is 0 Å². The molecule has 0 saturated carbocycles. The van der Waals surface area contributed by atoms with E-state index < -0.39 is 0 Å². The molecule has 3 aromatic rings. The quantitative estimate of drug-likeness (QED) is 0.470. The minimum atomic E-state index is -0.157. The van der Waals surface area contributed by atoms with Crippen molar-refractivity contribution in [3.63, 3.8) is 0 Å². The van der Waals surface area contributed by atoms with Crippen LogP contribution in [0.5, 0.6) is 5.75 Å². The van der Waals surface area contributed by atoms with E-state index in [-0.39, 0.29) is 24.4 Å². The van der Waals surface area contributed by atoms with Gasteiger partial charge in [-0.05, 0) is 49.1 Å². The van der Waals surface area contributed by atoms with E-state index in [9.17, 15) is 14.9 Å². The van der Waals surface area contributed by atoms with Crippen LogP contribution in [0, 0.1) is 11.3 Å². The summed E-state index contributed by atoms with van der Waals surface area (Å²) in [5, 5.41) is 16.2. The fourth-order valence-electron chi connectivity index (χ4n) is 4.10. The number of H-pyrrole nitrogens is 1. The molecular formula is C25H27N5O3S. The topological polar surface area (TPSA) is 110 Å². The molecule has 8 nitrogen and oxygen atoms in total. The number of aromatic amines is 1. The van der Waals surface area contributed by atoms with Crippen molar-refractivity contribution in [2.75, 3.05) is 19.0 Å². The number of carbonyl (C=O) groups excluding carboxylic acids is 2. The Bertz CT molecular complexity index is 1210. The van der Waals surface area contributed by atoms with Gasteiger partial charge in [-0.25, -0.2) is 4.79 Å². The molecule has 1 atom stereocenters. The highest BCUT2D eigenvalue weighted by Gasteiger charge is 2.28. The van der Waals surface area contributed by atoms with E-state index in [4.69, 9.17) is 4.74 Å². The van der Waals surface area contributed by atoms with E-state index in [1.54, 1.807) is 12.0 Å². The normalized spacial score (nSPS) is 13.5. The number of anilines is 1. The lowest BCUT2D eigenvalue weighted by Gasteiger charge is -2.28. The maximum Gasteiger partial charge on any atom is 0.318 e. The molecule has 1 unspecified atom stereocenters. The zero-order chi connectivity index (χ0) is 24.1. The van der Waals surface area contributed by atoms with Crippen molar-refractivity contribution in [3.8, 4) is 11.8 Å². The number of methoxy groups -OCH3 is 1. The summed E-state index contributed by atoms with van der Waals surface area (Å²) in [4.78, 5) is 31.2. The van der Waals surface area contributed by atoms with Crippen LogP contribution in [-0.2, 0) is 24.2 Å². The number of nitrogens with one attached hydrogen (secondary N) is 3. The molecule has 1 aromatic carbocycles. The van der Waals surface area contributed by atoms with Crippen molar-refractivity contribution in [1.29, 1.82) is 5.26 Å². The Balaban J connectivity index is 1.39. The van der Waals surface area contributed by atoms with Crippen LogP contribution in [0.2, 0.25) is 0 Å². The van der Waals surface area contributed by atoms with Crippen LogP contribution in [0.1, 0.15) is 46.6 Å². The summed E-state index contributed by atoms with van der Waals surface area (Å²) in [7, 11) is 1.61. The Hall–Kier alpha value is -3.77. The van der Waals surface area contributed by atoms with Gasteiger partial charge in [-0.1, -0.05) is 18.2 Å². The first kappa shape index (κ1) is 23.4. The molecule has 34 heavy (non-hydrogen) atoms. The fraction of sp³-hybridized carbons (Fsp3) is 0.320. The second-order valence-electron chi connectivity index (χ2n) is 8.15. The molecule has 9 heteroatoms. The van der Waals surface area contributed by atoms with Crippen molar-refractivity contribution in [3.05, 3.63) is 69.9 Å². The highest BCUT2D eigenvalue weighted by Crippen LogP contribution is 2.37. The molecule has 0 saturated heterocycles. The van der Waals surface area contributed by atoms with Crippen molar-refractivity contribution < 1.29 is 14.3 Å². The second kappa shape index (κ2) is 10.4. The summed E-state index contributed by atoms with van der Waals surface area (Å²) in [5.41, 5.74) is 3.33. The summed E-state index contributed by atoms with van der Waals surface area (Å²) in [6.07, 6.45) is 3.22. The van der Waals surface area contributed by atoms with Crippen molar-refractivity contribution in [2.24, 2.45) is 0 Å². The molecule has 2 aromatic heterocycles. The summed E-state index contributed by atoms with van der Waals surface area (Å²) >= 11 is 1.38. The number of para-hydroxylation sites is 1. The number of rotatable bonds is 7. The molecule has 1 aliphatic heterocycles. The number of amides is 3. The lowest BCUT2D eigenvalue weighted by molar-refractivity contribution is -0.116. The van der Waals surface area contributed by atoms with Crippen LogP contribution in [0.3, 0.4) is 0 Å². The van der Waals surface area contributed by atoms with Crippen LogP contribution in [0.4, 0.5) is 9.80 Å². The number of urea groups is 1. The second-order valence-corrected chi connectivity index (χ2v) is 9.25. The predicted octanol–water partition coefficient (Wildman–Crippen LogP) is 4.36. The van der Waals surface area contributed by atoms with Gasteiger partial charge in [0, 0.05) is 29.7 Å². The number of aromatic nitrogens is 1. The Morgan fingerprint density at radius 2 is 2.12 bits per heavy atom. The van der Waals surface area contributed by atoms with Crippen LogP contribution < -0.4 is 15.4 Å². The monoisotopic (exact) mass is 477 g/mol. The van der Waals surface area contributed by atoms with E-state index >= 15 is 0 Å². The Kier molecular flexibility index (Phi) is 7.18. The molecule has 0 spiro atoms. The average molecular weight is 478 g/mol. The number of nitriles is 1. The number of thiophene rings is 1. The average Bonchev–Trinajstić information content (AvgIpc) is 3.50. The number of aryl methyl sites for hydroxylation is 1. The number of benzene rings is 1. The number of ether oxygens (including phenoxy) is 1. The smallest absolute Gasteiger partial charge is 0.318 e. The van der Waals surface area contributed by atoms with Crippen molar-refractivity contribution in [2.45, 2.75) is 38.8 Å². The van der Waals surface area contributed by atoms with Gasteiger partial charge in [0.15, 0.2) is 0 Å². The maximum absolute atomic E-state index is 12.8. The van der Waals surface area contributed by atoms with Gasteiger partial charge in [0.25, 0.3) is 0 Å². The zero-order valence-corrected chi connectivity index (χ0v) is 20.0. The van der Waals surface area contributed by atoms with Gasteiger partial charge in [-0.15, -0.1) is 11.3 Å². The van der Waals surface area contributed by atoms with Gasteiger partial charge >= 0.3 is 6.03 Å². The molecule has 0 fully saturated rings. The summed E-state index contributed by atoms with van der Waals surface area (Å²) in [6.45, 7) is 2.86. The van der Waals surface area contributed by atoms with Gasteiger partial charge in [0.2, 0.25) is 5.91 Å². The number of nitrogens with zero attached hydrogens (tertiary/aromatic N) is 2. The molecule has 176 valence electrons. The molecule has 0 aliphatic carbocycles.